The van der Waals surface area contributed by atoms with E-state index in [1.165, 1.54) is 25.7 Å². The van der Waals surface area contributed by atoms with Gasteiger partial charge in [0.2, 0.25) is 0 Å². The van der Waals surface area contributed by atoms with Gasteiger partial charge in [0, 0.05) is 18.4 Å². The lowest BCUT2D eigenvalue weighted by molar-refractivity contribution is 0.0194. The van der Waals surface area contributed by atoms with Gasteiger partial charge in [-0.2, -0.15) is 11.8 Å². The predicted molar refractivity (Wildman–Crippen MR) is 90.6 cm³/mol. The molecule has 0 saturated heterocycles. The molecule has 0 amide bonds. The Kier molecular flexibility index (Phi) is 14.3. The molecule has 0 saturated carbocycles. The fraction of sp³-hybridized carbons (Fsp3) is 1.00. The smallest absolute Gasteiger partial charge is 0.0897 e. The maximum absolute atomic E-state index is 9.84. The monoisotopic (exact) mass is 305 g/mol. The van der Waals surface area contributed by atoms with Gasteiger partial charge in [0.05, 0.1) is 12.7 Å². The number of thioether (sulfide) groups is 1. The average Bonchev–Trinajstić information content (AvgIpc) is 2.46. The molecule has 0 aliphatic carbocycles. The van der Waals surface area contributed by atoms with Crippen LogP contribution in [0, 0.1) is 5.92 Å². The lowest BCUT2D eigenvalue weighted by Gasteiger charge is -2.17. The van der Waals surface area contributed by atoms with E-state index >= 15 is 0 Å². The fourth-order valence-electron chi connectivity index (χ4n) is 2.02. The summed E-state index contributed by atoms with van der Waals surface area (Å²) in [5.41, 5.74) is 0. The van der Waals surface area contributed by atoms with Gasteiger partial charge < -0.3 is 15.2 Å². The second-order valence-electron chi connectivity index (χ2n) is 5.65. The normalized spacial score (nSPS) is 16.1. The van der Waals surface area contributed by atoms with E-state index in [9.17, 15) is 5.11 Å². The molecular weight excluding hydrogens is 270 g/mol. The molecule has 3 nitrogen and oxygen atoms in total. The summed E-state index contributed by atoms with van der Waals surface area (Å²) in [7, 11) is 0. The van der Waals surface area contributed by atoms with Crippen LogP contribution in [0.1, 0.15) is 52.9 Å². The summed E-state index contributed by atoms with van der Waals surface area (Å²) in [6.07, 6.45) is 7.83. The molecule has 2 N–H and O–H groups in total. The molecule has 0 heterocycles. The highest BCUT2D eigenvalue weighted by atomic mass is 32.2. The Morgan fingerprint density at radius 3 is 2.55 bits per heavy atom. The van der Waals surface area contributed by atoms with E-state index in [1.807, 2.05) is 11.8 Å². The van der Waals surface area contributed by atoms with Crippen LogP contribution in [-0.4, -0.2) is 49.0 Å². The summed E-state index contributed by atoms with van der Waals surface area (Å²) in [4.78, 5) is 0. The molecule has 0 aromatic carbocycles. The second-order valence-corrected chi connectivity index (χ2v) is 6.92. The molecule has 0 bridgehead atoms. The summed E-state index contributed by atoms with van der Waals surface area (Å²) in [5.74, 6) is 0.650. The lowest BCUT2D eigenvalue weighted by atomic mass is 10.0. The van der Waals surface area contributed by atoms with Gasteiger partial charge in [0.25, 0.3) is 0 Å². The van der Waals surface area contributed by atoms with E-state index in [0.29, 0.717) is 24.3 Å². The molecule has 0 aliphatic heterocycles. The van der Waals surface area contributed by atoms with Crippen LogP contribution >= 0.6 is 11.8 Å². The van der Waals surface area contributed by atoms with E-state index in [4.69, 9.17) is 4.74 Å². The first-order valence-corrected chi connectivity index (χ1v) is 9.42. The van der Waals surface area contributed by atoms with Gasteiger partial charge in [-0.25, -0.2) is 0 Å². The first kappa shape index (κ1) is 20.2. The number of hydrogen-bond donors (Lipinski definition) is 2. The number of ether oxygens (including phenoxy) is 1. The molecule has 3 unspecified atom stereocenters. The van der Waals surface area contributed by atoms with Crippen LogP contribution in [0.25, 0.3) is 0 Å². The van der Waals surface area contributed by atoms with Crippen molar-refractivity contribution in [1.82, 2.24) is 5.32 Å². The number of rotatable bonds is 14. The fourth-order valence-corrected chi connectivity index (χ4v) is 2.37. The summed E-state index contributed by atoms with van der Waals surface area (Å²) in [5, 5.41) is 13.8. The SMILES string of the molecule is CCCCC(CC)COCC(O)CNCCC(C)SC. The third-order valence-electron chi connectivity index (χ3n) is 3.72. The molecular formula is C16H35NO2S. The predicted octanol–water partition coefficient (Wildman–Crippen LogP) is 3.31. The van der Waals surface area contributed by atoms with Crippen molar-refractivity contribution in [2.45, 2.75) is 64.2 Å². The largest absolute Gasteiger partial charge is 0.389 e. The Bertz CT molecular complexity index is 205. The minimum Gasteiger partial charge on any atom is -0.389 e. The highest BCUT2D eigenvalue weighted by Crippen LogP contribution is 2.12. The van der Waals surface area contributed by atoms with Gasteiger partial charge in [-0.3, -0.25) is 0 Å². The Morgan fingerprint density at radius 1 is 1.20 bits per heavy atom. The molecule has 0 aromatic rings. The number of aliphatic hydroxyl groups excluding tert-OH is 1. The van der Waals surface area contributed by atoms with Gasteiger partial charge >= 0.3 is 0 Å². The van der Waals surface area contributed by atoms with Crippen LogP contribution in [-0.2, 0) is 4.74 Å². The second kappa shape index (κ2) is 14.2. The van der Waals surface area contributed by atoms with Crippen LogP contribution in [0.3, 0.4) is 0 Å². The number of hydrogen-bond acceptors (Lipinski definition) is 4. The van der Waals surface area contributed by atoms with Gasteiger partial charge in [-0.1, -0.05) is 40.0 Å². The van der Waals surface area contributed by atoms with E-state index in [2.05, 4.69) is 32.3 Å². The van der Waals surface area contributed by atoms with E-state index in [-0.39, 0.29) is 6.10 Å². The maximum Gasteiger partial charge on any atom is 0.0897 e. The van der Waals surface area contributed by atoms with Gasteiger partial charge in [0.15, 0.2) is 0 Å². The molecule has 122 valence electrons. The summed E-state index contributed by atoms with van der Waals surface area (Å²) >= 11 is 1.88. The molecule has 0 fully saturated rings. The molecule has 0 radical (unpaired) electrons. The topological polar surface area (TPSA) is 41.5 Å². The van der Waals surface area contributed by atoms with E-state index in [1.54, 1.807) is 0 Å². The van der Waals surface area contributed by atoms with Gasteiger partial charge in [-0.05, 0) is 31.6 Å². The summed E-state index contributed by atoms with van der Waals surface area (Å²) in [6.45, 7) is 9.51. The molecule has 0 aliphatic rings. The molecule has 3 atom stereocenters. The van der Waals surface area contributed by atoms with Crippen LogP contribution in [0.2, 0.25) is 0 Å². The summed E-state index contributed by atoms with van der Waals surface area (Å²) < 4.78 is 5.65. The van der Waals surface area contributed by atoms with Crippen molar-refractivity contribution in [3.8, 4) is 0 Å². The third-order valence-corrected chi connectivity index (χ3v) is 4.76. The minimum absolute atomic E-state index is 0.386. The summed E-state index contributed by atoms with van der Waals surface area (Å²) in [6, 6.07) is 0. The van der Waals surface area contributed by atoms with E-state index < -0.39 is 0 Å². The zero-order valence-corrected chi connectivity index (χ0v) is 14.7. The zero-order chi connectivity index (χ0) is 15.2. The number of unbranched alkanes of at least 4 members (excludes halogenated alkanes) is 1. The zero-order valence-electron chi connectivity index (χ0n) is 13.9. The van der Waals surface area contributed by atoms with Crippen molar-refractivity contribution in [2.75, 3.05) is 32.6 Å². The van der Waals surface area contributed by atoms with E-state index in [0.717, 1.165) is 19.6 Å². The maximum atomic E-state index is 9.84. The lowest BCUT2D eigenvalue weighted by Crippen LogP contribution is -2.32. The Balaban J connectivity index is 3.49. The van der Waals surface area contributed by atoms with Crippen molar-refractivity contribution in [3.05, 3.63) is 0 Å². The first-order chi connectivity index (χ1) is 9.63. The van der Waals surface area contributed by atoms with Crippen LogP contribution in [0.5, 0.6) is 0 Å². The van der Waals surface area contributed by atoms with Gasteiger partial charge in [0.1, 0.15) is 0 Å². The minimum atomic E-state index is -0.386. The van der Waals surface area contributed by atoms with Crippen molar-refractivity contribution >= 4 is 11.8 Å². The average molecular weight is 306 g/mol. The highest BCUT2D eigenvalue weighted by Gasteiger charge is 2.09. The van der Waals surface area contributed by atoms with Crippen LogP contribution in [0.15, 0.2) is 0 Å². The highest BCUT2D eigenvalue weighted by molar-refractivity contribution is 7.99. The Hall–Kier alpha value is 0.230. The molecule has 4 heteroatoms. The van der Waals surface area contributed by atoms with Crippen molar-refractivity contribution in [2.24, 2.45) is 5.92 Å². The standard InChI is InChI=1S/C16H35NO2S/c1-5-7-8-15(6-2)12-19-13-16(18)11-17-10-9-14(3)20-4/h14-18H,5-13H2,1-4H3. The van der Waals surface area contributed by atoms with Gasteiger partial charge in [-0.15, -0.1) is 0 Å². The first-order valence-electron chi connectivity index (χ1n) is 8.13. The molecule has 0 spiro atoms. The number of nitrogens with one attached hydrogen (secondary N) is 1. The molecule has 0 rings (SSSR count). The van der Waals surface area contributed by atoms with Crippen LogP contribution in [0.4, 0.5) is 0 Å². The van der Waals surface area contributed by atoms with Crippen LogP contribution < -0.4 is 5.32 Å². The quantitative estimate of drug-likeness (QED) is 0.483. The van der Waals surface area contributed by atoms with Crippen molar-refractivity contribution in [1.29, 1.82) is 0 Å². The Morgan fingerprint density at radius 2 is 1.95 bits per heavy atom. The number of aliphatic hydroxyl groups is 1. The third kappa shape index (κ3) is 12.0. The molecule has 20 heavy (non-hydrogen) atoms. The Labute approximate surface area is 130 Å². The van der Waals surface area contributed by atoms with Crippen molar-refractivity contribution < 1.29 is 9.84 Å². The van der Waals surface area contributed by atoms with Crippen molar-refractivity contribution in [3.63, 3.8) is 0 Å². The molecule has 0 aromatic heterocycles.